The largest absolute Gasteiger partial charge is 0.333 e. The summed E-state index contributed by atoms with van der Waals surface area (Å²) in [4.78, 5) is 11.8. The van der Waals surface area contributed by atoms with Gasteiger partial charge >= 0.3 is 0 Å². The first kappa shape index (κ1) is 37.5. The monoisotopic (exact) mass is 538 g/mol. The molecular weight excluding hydrogens is 483 g/mol. The van der Waals surface area contributed by atoms with Gasteiger partial charge in [-0.25, -0.2) is 0 Å². The van der Waals surface area contributed by atoms with Gasteiger partial charge in [-0.15, -0.1) is 11.0 Å². The van der Waals surface area contributed by atoms with E-state index in [1.54, 1.807) is 0 Å². The third kappa shape index (κ3) is 17.9. The summed E-state index contributed by atoms with van der Waals surface area (Å²) in [6.45, 7) is 29.1. The van der Waals surface area contributed by atoms with Gasteiger partial charge in [0, 0.05) is 38.1 Å². The third-order valence-corrected chi connectivity index (χ3v) is 5.18. The Labute approximate surface area is 232 Å². The van der Waals surface area contributed by atoms with Crippen LogP contribution in [-0.2, 0) is 56.9 Å². The molecule has 1 radical (unpaired) electrons. The summed E-state index contributed by atoms with van der Waals surface area (Å²) in [5.74, 6) is 0.197. The Kier molecular flexibility index (Phi) is 22.9. The number of carbonyl (C=O) groups excluding carboxylic acids is 1. The van der Waals surface area contributed by atoms with Gasteiger partial charge in [-0.1, -0.05) is 113 Å². The van der Waals surface area contributed by atoms with Crippen molar-refractivity contribution in [3.63, 3.8) is 0 Å². The minimum Gasteiger partial charge on any atom is -0.333 e. The summed E-state index contributed by atoms with van der Waals surface area (Å²) in [6, 6.07) is 0. The number of aryl methyl sites for hydroxylation is 1. The molecule has 1 aliphatic carbocycles. The molecular formula is C28H55N3OY-2. The van der Waals surface area contributed by atoms with Crippen molar-refractivity contribution >= 4 is 5.78 Å². The summed E-state index contributed by atoms with van der Waals surface area (Å²) in [6.07, 6.45) is 11.0. The molecule has 1 heterocycles. The fraction of sp³-hybridized carbons (Fsp3) is 0.821. The Balaban J connectivity index is -0.000000431. The smallest absolute Gasteiger partial charge is 0.111 e. The summed E-state index contributed by atoms with van der Waals surface area (Å²) < 4.78 is 1.95. The molecule has 0 saturated heterocycles. The minimum atomic E-state index is -0.252. The Morgan fingerprint density at radius 2 is 1.45 bits per heavy atom. The summed E-state index contributed by atoms with van der Waals surface area (Å²) in [5.41, 5.74) is 2.48. The number of hydrogen-bond acceptors (Lipinski definition) is 3. The van der Waals surface area contributed by atoms with Crippen LogP contribution in [0.4, 0.5) is 0 Å². The van der Waals surface area contributed by atoms with E-state index in [-0.39, 0.29) is 55.2 Å². The van der Waals surface area contributed by atoms with Crippen LogP contribution in [-0.4, -0.2) is 20.8 Å². The Bertz CT molecular complexity index is 595. The van der Waals surface area contributed by atoms with Crippen molar-refractivity contribution in [1.82, 2.24) is 15.0 Å². The van der Waals surface area contributed by atoms with Crippen LogP contribution in [0.25, 0.3) is 0 Å². The number of nitrogens with zero attached hydrogens (tertiary/aromatic N) is 3. The molecule has 0 fully saturated rings. The number of Topliss-reactive ketones (excluding diaryl/α,β-unsaturated/α-hetero) is 1. The van der Waals surface area contributed by atoms with Gasteiger partial charge in [0.25, 0.3) is 0 Å². The number of rotatable bonds is 4. The van der Waals surface area contributed by atoms with Crippen molar-refractivity contribution < 1.29 is 37.5 Å². The zero-order valence-corrected chi connectivity index (χ0v) is 26.7. The first-order valence-corrected chi connectivity index (χ1v) is 12.9. The second-order valence-electron chi connectivity index (χ2n) is 10.7. The van der Waals surface area contributed by atoms with Crippen LogP contribution in [0.3, 0.4) is 0 Å². The molecule has 0 N–H and O–H groups in total. The van der Waals surface area contributed by atoms with Gasteiger partial charge < -0.3 is 18.6 Å². The molecule has 0 aromatic carbocycles. The van der Waals surface area contributed by atoms with Crippen molar-refractivity contribution in [2.45, 2.75) is 134 Å². The topological polar surface area (TPSA) is 47.8 Å². The molecule has 4 nitrogen and oxygen atoms in total. The van der Waals surface area contributed by atoms with Gasteiger partial charge in [0.05, 0.1) is 11.4 Å². The van der Waals surface area contributed by atoms with Crippen LogP contribution in [0, 0.1) is 30.6 Å². The van der Waals surface area contributed by atoms with Crippen LogP contribution >= 0.6 is 0 Å². The van der Waals surface area contributed by atoms with Crippen molar-refractivity contribution in [3.05, 3.63) is 25.2 Å². The van der Waals surface area contributed by atoms with Crippen molar-refractivity contribution in [2.24, 2.45) is 16.7 Å². The Morgan fingerprint density at radius 3 is 1.85 bits per heavy atom. The fourth-order valence-corrected chi connectivity index (χ4v) is 3.40. The molecule has 2 rings (SSSR count). The first-order chi connectivity index (χ1) is 14.9. The van der Waals surface area contributed by atoms with Crippen LogP contribution in [0.15, 0.2) is 0 Å². The molecule has 1 aromatic rings. The molecule has 0 spiro atoms. The average molecular weight is 539 g/mol. The number of ketones is 1. The SMILES string of the molecule is CC.CCCC.[CH2-]C(CC(C)(C)C)C(=O)C(C)(C)C.[CH2-]Cn1nnc2c1CCCCCC2.[Y]. The molecule has 1 aromatic heterocycles. The second kappa shape index (κ2) is 20.1. The van der Waals surface area contributed by atoms with Crippen LogP contribution in [0.2, 0.25) is 0 Å². The van der Waals surface area contributed by atoms with E-state index in [0.717, 1.165) is 19.3 Å². The predicted molar refractivity (Wildman–Crippen MR) is 141 cm³/mol. The molecule has 1 atom stereocenters. The molecule has 1 aliphatic rings. The maximum Gasteiger partial charge on any atom is 0.111 e. The standard InChI is InChI=1S/C12H23O.C10H16N3.C4H10.C2H6.Y/c1-9(8-11(2,3)4)10(13)12(5,6)7;1-2-13-10-8-6-4-3-5-7-9(10)11-12-13;1-3-4-2;1-2;/h9H,1,8H2,2-7H3;1-8H2;3-4H2,1-2H3;1-2H3;/q2*-1;;;. The maximum atomic E-state index is 11.8. The second-order valence-corrected chi connectivity index (χ2v) is 10.7. The molecule has 193 valence electrons. The van der Waals surface area contributed by atoms with E-state index >= 15 is 0 Å². The van der Waals surface area contributed by atoms with Crippen LogP contribution in [0.1, 0.15) is 126 Å². The molecule has 0 amide bonds. The number of fused-ring (bicyclic) bond motifs is 1. The van der Waals surface area contributed by atoms with E-state index in [2.05, 4.69) is 58.8 Å². The van der Waals surface area contributed by atoms with E-state index < -0.39 is 0 Å². The molecule has 0 bridgehead atoms. The molecule has 1 unspecified atom stereocenters. The molecule has 0 saturated carbocycles. The Morgan fingerprint density at radius 1 is 0.970 bits per heavy atom. The van der Waals surface area contributed by atoms with Gasteiger partial charge in [0.15, 0.2) is 0 Å². The quantitative estimate of drug-likeness (QED) is 0.364. The zero-order valence-electron chi connectivity index (χ0n) is 23.9. The maximum absolute atomic E-state index is 11.8. The van der Waals surface area contributed by atoms with Gasteiger partial charge in [0.2, 0.25) is 0 Å². The van der Waals surface area contributed by atoms with E-state index in [1.165, 1.54) is 49.9 Å². The number of carbonyl (C=O) groups is 1. The average Bonchev–Trinajstić information content (AvgIpc) is 3.08. The van der Waals surface area contributed by atoms with Gasteiger partial charge in [0.1, 0.15) is 5.78 Å². The number of aromatic nitrogens is 3. The molecule has 5 heteroatoms. The van der Waals surface area contributed by atoms with E-state index in [1.807, 2.05) is 39.3 Å². The first-order valence-electron chi connectivity index (χ1n) is 12.9. The predicted octanol–water partition coefficient (Wildman–Crippen LogP) is 8.09. The molecule has 0 aliphatic heterocycles. The van der Waals surface area contributed by atoms with Crippen LogP contribution < -0.4 is 0 Å². The third-order valence-electron chi connectivity index (χ3n) is 5.18. The van der Waals surface area contributed by atoms with Crippen molar-refractivity contribution in [2.75, 3.05) is 0 Å². The van der Waals surface area contributed by atoms with E-state index in [0.29, 0.717) is 6.54 Å². The Hall–Kier alpha value is -0.0861. The number of unbranched alkanes of at least 4 members (excludes halogenated alkanes) is 1. The zero-order chi connectivity index (χ0) is 25.4. The van der Waals surface area contributed by atoms with Gasteiger partial charge in [-0.3, -0.25) is 4.68 Å². The number of hydrogen-bond donors (Lipinski definition) is 0. The molecule has 33 heavy (non-hydrogen) atoms. The summed E-state index contributed by atoms with van der Waals surface area (Å²) >= 11 is 0. The van der Waals surface area contributed by atoms with Crippen LogP contribution in [0.5, 0.6) is 0 Å². The van der Waals surface area contributed by atoms with Gasteiger partial charge in [-0.2, -0.15) is 0 Å². The van der Waals surface area contributed by atoms with Crippen molar-refractivity contribution in [3.8, 4) is 0 Å². The summed E-state index contributed by atoms with van der Waals surface area (Å²) in [5, 5.41) is 8.31. The minimum absolute atomic E-state index is 0. The van der Waals surface area contributed by atoms with E-state index in [9.17, 15) is 4.79 Å². The van der Waals surface area contributed by atoms with Crippen molar-refractivity contribution in [1.29, 1.82) is 0 Å². The van der Waals surface area contributed by atoms with Gasteiger partial charge in [-0.05, 0) is 31.1 Å². The fourth-order valence-electron chi connectivity index (χ4n) is 3.40. The normalized spacial score (nSPS) is 14.2. The van der Waals surface area contributed by atoms with E-state index in [4.69, 9.17) is 0 Å². The summed E-state index contributed by atoms with van der Waals surface area (Å²) in [7, 11) is 0.